The zero-order valence-corrected chi connectivity index (χ0v) is 16.4. The Morgan fingerprint density at radius 1 is 1.11 bits per heavy atom. The van der Waals surface area contributed by atoms with Crippen LogP contribution < -0.4 is 5.32 Å². The highest BCUT2D eigenvalue weighted by Gasteiger charge is 2.26. The third-order valence-corrected chi connectivity index (χ3v) is 4.63. The van der Waals surface area contributed by atoms with Crippen LogP contribution in [-0.2, 0) is 22.6 Å². The average molecular weight is 370 g/mol. The molecule has 2 aromatic carbocycles. The Bertz CT molecular complexity index is 802. The fourth-order valence-corrected chi connectivity index (χ4v) is 2.95. The van der Waals surface area contributed by atoms with Gasteiger partial charge in [0.25, 0.3) is 0 Å². The zero-order chi connectivity index (χ0) is 20.0. The van der Waals surface area contributed by atoms with Crippen molar-refractivity contribution < 1.29 is 14.0 Å². The van der Waals surface area contributed by atoms with Gasteiger partial charge >= 0.3 is 0 Å². The molecule has 2 aromatic rings. The van der Waals surface area contributed by atoms with Crippen molar-refractivity contribution in [1.82, 2.24) is 10.2 Å². The van der Waals surface area contributed by atoms with Crippen molar-refractivity contribution in [3.05, 3.63) is 70.5 Å². The van der Waals surface area contributed by atoms with Gasteiger partial charge in [0.1, 0.15) is 11.9 Å². The van der Waals surface area contributed by atoms with Gasteiger partial charge in [-0.15, -0.1) is 0 Å². The van der Waals surface area contributed by atoms with Crippen LogP contribution in [0.1, 0.15) is 36.1 Å². The molecule has 1 N–H and O–H groups in total. The first kappa shape index (κ1) is 20.6. The molecule has 0 saturated heterocycles. The van der Waals surface area contributed by atoms with Gasteiger partial charge in [0.2, 0.25) is 11.8 Å². The predicted octanol–water partition coefficient (Wildman–Crippen LogP) is 3.54. The summed E-state index contributed by atoms with van der Waals surface area (Å²) in [7, 11) is 0. The number of halogens is 1. The van der Waals surface area contributed by atoms with E-state index in [1.54, 1.807) is 24.0 Å². The van der Waals surface area contributed by atoms with Gasteiger partial charge in [0.05, 0.1) is 6.42 Å². The third kappa shape index (κ3) is 5.64. The molecule has 0 aromatic heterocycles. The topological polar surface area (TPSA) is 49.4 Å². The van der Waals surface area contributed by atoms with Crippen molar-refractivity contribution in [2.45, 2.75) is 46.7 Å². The standard InChI is InChI=1S/C22H27FN2O2/c1-5-24-22(27)17(4)25(14-18-8-10-20(23)11-9-18)21(26)13-19-12-15(2)6-7-16(19)3/h6-12,17H,5,13-14H2,1-4H3,(H,24,27). The second-order valence-electron chi connectivity index (χ2n) is 6.83. The summed E-state index contributed by atoms with van der Waals surface area (Å²) >= 11 is 0. The van der Waals surface area contributed by atoms with Gasteiger partial charge < -0.3 is 10.2 Å². The van der Waals surface area contributed by atoms with Crippen LogP contribution in [0.4, 0.5) is 4.39 Å². The summed E-state index contributed by atoms with van der Waals surface area (Å²) in [6.45, 7) is 8.27. The lowest BCUT2D eigenvalue weighted by Gasteiger charge is -2.29. The smallest absolute Gasteiger partial charge is 0.242 e. The maximum absolute atomic E-state index is 13.2. The van der Waals surface area contributed by atoms with Crippen molar-refractivity contribution >= 4 is 11.8 Å². The number of hydrogen-bond donors (Lipinski definition) is 1. The Labute approximate surface area is 160 Å². The Balaban J connectivity index is 2.26. The Kier molecular flexibility index (Phi) is 7.11. The van der Waals surface area contributed by atoms with E-state index in [0.717, 1.165) is 22.3 Å². The van der Waals surface area contributed by atoms with Crippen LogP contribution >= 0.6 is 0 Å². The van der Waals surface area contributed by atoms with Crippen molar-refractivity contribution in [1.29, 1.82) is 0 Å². The molecule has 0 aliphatic rings. The SMILES string of the molecule is CCNC(=O)C(C)N(Cc1ccc(F)cc1)C(=O)Cc1cc(C)ccc1C. The number of amides is 2. The minimum absolute atomic E-state index is 0.133. The van der Waals surface area contributed by atoms with Crippen LogP contribution in [0.2, 0.25) is 0 Å². The first-order chi connectivity index (χ1) is 12.8. The normalized spacial score (nSPS) is 11.7. The highest BCUT2D eigenvalue weighted by atomic mass is 19.1. The van der Waals surface area contributed by atoms with E-state index in [-0.39, 0.29) is 30.6 Å². The van der Waals surface area contributed by atoms with Crippen LogP contribution in [0.25, 0.3) is 0 Å². The molecule has 1 unspecified atom stereocenters. The number of carbonyl (C=O) groups excluding carboxylic acids is 2. The zero-order valence-electron chi connectivity index (χ0n) is 16.4. The van der Waals surface area contributed by atoms with Crippen LogP contribution in [0.15, 0.2) is 42.5 Å². The van der Waals surface area contributed by atoms with Crippen LogP contribution in [0, 0.1) is 19.7 Å². The molecule has 2 amide bonds. The van der Waals surface area contributed by atoms with Crippen molar-refractivity contribution in [3.8, 4) is 0 Å². The summed E-state index contributed by atoms with van der Waals surface area (Å²) in [6, 6.07) is 11.4. The molecule has 0 heterocycles. The van der Waals surface area contributed by atoms with E-state index >= 15 is 0 Å². The first-order valence-electron chi connectivity index (χ1n) is 9.19. The molecule has 144 valence electrons. The van der Waals surface area contributed by atoms with Crippen LogP contribution in [0.3, 0.4) is 0 Å². The number of carbonyl (C=O) groups is 2. The highest BCUT2D eigenvalue weighted by Crippen LogP contribution is 2.16. The number of rotatable bonds is 7. The fourth-order valence-electron chi connectivity index (χ4n) is 2.95. The molecule has 0 fully saturated rings. The van der Waals surface area contributed by atoms with E-state index in [2.05, 4.69) is 5.32 Å². The van der Waals surface area contributed by atoms with E-state index in [0.29, 0.717) is 6.54 Å². The van der Waals surface area contributed by atoms with Crippen molar-refractivity contribution in [2.75, 3.05) is 6.54 Å². The van der Waals surface area contributed by atoms with Crippen LogP contribution in [-0.4, -0.2) is 29.3 Å². The van der Waals surface area contributed by atoms with Gasteiger partial charge in [0, 0.05) is 13.1 Å². The molecule has 27 heavy (non-hydrogen) atoms. The number of benzene rings is 2. The molecule has 0 radical (unpaired) electrons. The van der Waals surface area contributed by atoms with Gasteiger partial charge in [-0.05, 0) is 56.5 Å². The maximum atomic E-state index is 13.2. The lowest BCUT2D eigenvalue weighted by molar-refractivity contribution is -0.140. The molecule has 1 atom stereocenters. The lowest BCUT2D eigenvalue weighted by atomic mass is 10.0. The molecule has 0 spiro atoms. The lowest BCUT2D eigenvalue weighted by Crippen LogP contribution is -2.48. The Morgan fingerprint density at radius 2 is 1.78 bits per heavy atom. The summed E-state index contributed by atoms with van der Waals surface area (Å²) in [4.78, 5) is 27.0. The predicted molar refractivity (Wildman–Crippen MR) is 105 cm³/mol. The summed E-state index contributed by atoms with van der Waals surface area (Å²) in [5, 5.41) is 2.77. The Morgan fingerprint density at radius 3 is 2.41 bits per heavy atom. The van der Waals surface area contributed by atoms with Crippen LogP contribution in [0.5, 0.6) is 0 Å². The monoisotopic (exact) mass is 370 g/mol. The van der Waals surface area contributed by atoms with Gasteiger partial charge in [-0.3, -0.25) is 9.59 Å². The number of aryl methyl sites for hydroxylation is 2. The quantitative estimate of drug-likeness (QED) is 0.810. The molecule has 4 nitrogen and oxygen atoms in total. The molecule has 0 aliphatic carbocycles. The molecule has 5 heteroatoms. The molecule has 0 saturated carbocycles. The Hall–Kier alpha value is -2.69. The minimum atomic E-state index is -0.618. The summed E-state index contributed by atoms with van der Waals surface area (Å²) in [5.74, 6) is -0.663. The number of nitrogens with zero attached hydrogens (tertiary/aromatic N) is 1. The van der Waals surface area contributed by atoms with Gasteiger partial charge in [-0.2, -0.15) is 0 Å². The van der Waals surface area contributed by atoms with E-state index in [9.17, 15) is 14.0 Å². The molecular formula is C22H27FN2O2. The molecule has 0 bridgehead atoms. The van der Waals surface area contributed by atoms with E-state index in [4.69, 9.17) is 0 Å². The molecular weight excluding hydrogens is 343 g/mol. The number of nitrogens with one attached hydrogen (secondary N) is 1. The number of likely N-dealkylation sites (N-methyl/N-ethyl adjacent to an activating group) is 1. The van der Waals surface area contributed by atoms with Crippen molar-refractivity contribution in [2.24, 2.45) is 0 Å². The highest BCUT2D eigenvalue weighted by molar-refractivity contribution is 5.88. The van der Waals surface area contributed by atoms with Gasteiger partial charge in [0.15, 0.2) is 0 Å². The third-order valence-electron chi connectivity index (χ3n) is 4.63. The van der Waals surface area contributed by atoms with E-state index < -0.39 is 6.04 Å². The average Bonchev–Trinajstić information content (AvgIpc) is 2.63. The first-order valence-corrected chi connectivity index (χ1v) is 9.19. The second-order valence-corrected chi connectivity index (χ2v) is 6.83. The maximum Gasteiger partial charge on any atom is 0.242 e. The van der Waals surface area contributed by atoms with E-state index in [1.165, 1.54) is 12.1 Å². The van der Waals surface area contributed by atoms with Crippen molar-refractivity contribution in [3.63, 3.8) is 0 Å². The second kappa shape index (κ2) is 9.31. The minimum Gasteiger partial charge on any atom is -0.355 e. The fraction of sp³-hybridized carbons (Fsp3) is 0.364. The van der Waals surface area contributed by atoms with Gasteiger partial charge in [-0.25, -0.2) is 4.39 Å². The summed E-state index contributed by atoms with van der Waals surface area (Å²) in [6.07, 6.45) is 0.221. The largest absolute Gasteiger partial charge is 0.355 e. The van der Waals surface area contributed by atoms with E-state index in [1.807, 2.05) is 39.0 Å². The summed E-state index contributed by atoms with van der Waals surface area (Å²) < 4.78 is 13.2. The number of hydrogen-bond acceptors (Lipinski definition) is 2. The molecule has 0 aliphatic heterocycles. The molecule has 2 rings (SSSR count). The summed E-state index contributed by atoms with van der Waals surface area (Å²) in [5.41, 5.74) is 3.86. The van der Waals surface area contributed by atoms with Gasteiger partial charge in [-0.1, -0.05) is 35.9 Å².